The summed E-state index contributed by atoms with van der Waals surface area (Å²) >= 11 is 1.60. The smallest absolute Gasteiger partial charge is 0.278 e. The molecule has 2 heterocycles. The highest BCUT2D eigenvalue weighted by Crippen LogP contribution is 2.27. The topological polar surface area (TPSA) is 69.0 Å². The molecule has 1 aromatic heterocycles. The molecule has 8 heteroatoms. The summed E-state index contributed by atoms with van der Waals surface area (Å²) in [6.45, 7) is 0.631. The molecule has 1 unspecified atom stereocenters. The van der Waals surface area contributed by atoms with Gasteiger partial charge < -0.3 is 10.1 Å². The molecule has 0 saturated carbocycles. The zero-order valence-corrected chi connectivity index (χ0v) is 15.4. The van der Waals surface area contributed by atoms with Gasteiger partial charge in [0.2, 0.25) is 0 Å². The summed E-state index contributed by atoms with van der Waals surface area (Å²) in [7, 11) is 0. The highest BCUT2D eigenvalue weighted by molar-refractivity contribution is 7.98. The van der Waals surface area contributed by atoms with Gasteiger partial charge in [-0.3, -0.25) is 4.79 Å². The summed E-state index contributed by atoms with van der Waals surface area (Å²) in [5, 5.41) is 11.0. The number of nitrogens with one attached hydrogen (secondary N) is 1. The van der Waals surface area contributed by atoms with Crippen molar-refractivity contribution in [3.8, 4) is 0 Å². The van der Waals surface area contributed by atoms with Gasteiger partial charge in [0.15, 0.2) is 5.69 Å². The Bertz CT molecular complexity index is 974. The summed E-state index contributed by atoms with van der Waals surface area (Å²) in [5.74, 6) is -0.612. The van der Waals surface area contributed by atoms with E-state index in [1.165, 1.54) is 12.1 Å². The Labute approximate surface area is 159 Å². The van der Waals surface area contributed by atoms with E-state index in [1.807, 2.05) is 30.5 Å². The maximum Gasteiger partial charge on any atom is 0.278 e. The third-order valence-corrected chi connectivity index (χ3v) is 5.11. The zero-order chi connectivity index (χ0) is 18.8. The number of nitrogens with zero attached hydrogens (tertiary/aromatic N) is 3. The minimum atomic E-state index is -0.321. The summed E-state index contributed by atoms with van der Waals surface area (Å²) in [6, 6.07) is 13.8. The molecule has 6 nitrogen and oxygen atoms in total. The van der Waals surface area contributed by atoms with Crippen LogP contribution in [0, 0.1) is 5.82 Å². The number of carbonyl (C=O) groups excluding carboxylic acids is 1. The standard InChI is InChI=1S/C19H17FN4O2S/c1-27-15-4-2-3-14(9-15)21-19(25)18-16-11-26-17(10-24(16)23-22-18)12-5-7-13(20)8-6-12/h2-9,17H,10-11H2,1H3,(H,21,25). The minimum Gasteiger partial charge on any atom is -0.365 e. The molecule has 27 heavy (non-hydrogen) atoms. The number of ether oxygens (including phenoxy) is 1. The summed E-state index contributed by atoms with van der Waals surface area (Å²) in [6.07, 6.45) is 1.72. The van der Waals surface area contributed by atoms with Crippen LogP contribution < -0.4 is 5.32 Å². The van der Waals surface area contributed by atoms with Crippen molar-refractivity contribution in [2.45, 2.75) is 24.2 Å². The largest absolute Gasteiger partial charge is 0.365 e. The Hall–Kier alpha value is -2.71. The van der Waals surface area contributed by atoms with Crippen LogP contribution in [0.4, 0.5) is 10.1 Å². The Balaban J connectivity index is 1.50. The SMILES string of the molecule is CSc1cccc(NC(=O)c2nnn3c2COC(c2ccc(F)cc2)C3)c1. The van der Waals surface area contributed by atoms with E-state index in [9.17, 15) is 9.18 Å². The van der Waals surface area contributed by atoms with Crippen molar-refractivity contribution in [2.75, 3.05) is 11.6 Å². The number of benzene rings is 2. The lowest BCUT2D eigenvalue weighted by Gasteiger charge is -2.24. The van der Waals surface area contributed by atoms with Crippen molar-refractivity contribution < 1.29 is 13.9 Å². The van der Waals surface area contributed by atoms with E-state index in [0.29, 0.717) is 17.9 Å². The monoisotopic (exact) mass is 384 g/mol. The molecule has 1 atom stereocenters. The van der Waals surface area contributed by atoms with E-state index in [0.717, 1.165) is 10.5 Å². The second-order valence-corrected chi connectivity index (χ2v) is 6.98. The summed E-state index contributed by atoms with van der Waals surface area (Å²) in [5.41, 5.74) is 2.45. The van der Waals surface area contributed by atoms with Gasteiger partial charge in [-0.25, -0.2) is 9.07 Å². The lowest BCUT2D eigenvalue weighted by molar-refractivity contribution is -0.00174. The van der Waals surface area contributed by atoms with Gasteiger partial charge in [0.25, 0.3) is 5.91 Å². The minimum absolute atomic E-state index is 0.211. The van der Waals surface area contributed by atoms with Gasteiger partial charge in [0.1, 0.15) is 11.9 Å². The molecule has 3 aromatic rings. The number of aromatic nitrogens is 3. The Morgan fingerprint density at radius 2 is 2.11 bits per heavy atom. The van der Waals surface area contributed by atoms with Crippen molar-refractivity contribution >= 4 is 23.4 Å². The maximum absolute atomic E-state index is 13.1. The number of anilines is 1. The van der Waals surface area contributed by atoms with E-state index in [-0.39, 0.29) is 30.1 Å². The molecule has 1 aliphatic heterocycles. The van der Waals surface area contributed by atoms with Crippen LogP contribution >= 0.6 is 11.8 Å². The van der Waals surface area contributed by atoms with Gasteiger partial charge >= 0.3 is 0 Å². The van der Waals surface area contributed by atoms with E-state index >= 15 is 0 Å². The number of fused-ring (bicyclic) bond motifs is 1. The van der Waals surface area contributed by atoms with Crippen molar-refractivity contribution in [3.05, 3.63) is 71.3 Å². The van der Waals surface area contributed by atoms with Crippen LogP contribution in [-0.4, -0.2) is 27.2 Å². The number of hydrogen-bond acceptors (Lipinski definition) is 5. The van der Waals surface area contributed by atoms with Gasteiger partial charge in [-0.05, 0) is 42.2 Å². The first kappa shape index (κ1) is 17.7. The fraction of sp³-hybridized carbons (Fsp3) is 0.211. The molecular weight excluding hydrogens is 367 g/mol. The van der Waals surface area contributed by atoms with Crippen LogP contribution in [-0.2, 0) is 17.9 Å². The molecule has 1 aliphatic rings. The molecular formula is C19H17FN4O2S. The fourth-order valence-electron chi connectivity index (χ4n) is 2.96. The highest BCUT2D eigenvalue weighted by atomic mass is 32.2. The van der Waals surface area contributed by atoms with Crippen molar-refractivity contribution in [3.63, 3.8) is 0 Å². The van der Waals surface area contributed by atoms with E-state index < -0.39 is 0 Å². The van der Waals surface area contributed by atoms with Gasteiger partial charge in [0.05, 0.1) is 18.8 Å². The predicted molar refractivity (Wildman–Crippen MR) is 100 cm³/mol. The molecule has 1 N–H and O–H groups in total. The van der Waals surface area contributed by atoms with E-state index in [4.69, 9.17) is 4.74 Å². The van der Waals surface area contributed by atoms with Crippen LogP contribution in [0.3, 0.4) is 0 Å². The van der Waals surface area contributed by atoms with Crippen LogP contribution in [0.1, 0.15) is 27.8 Å². The third kappa shape index (κ3) is 3.72. The van der Waals surface area contributed by atoms with Crippen molar-refractivity contribution in [1.29, 1.82) is 0 Å². The Morgan fingerprint density at radius 3 is 2.89 bits per heavy atom. The number of halogens is 1. The predicted octanol–water partition coefficient (Wildman–Crippen LogP) is 3.66. The number of hydrogen-bond donors (Lipinski definition) is 1. The molecule has 0 aliphatic carbocycles. The number of carbonyl (C=O) groups is 1. The number of amides is 1. The molecule has 4 rings (SSSR count). The number of rotatable bonds is 4. The first-order chi connectivity index (χ1) is 13.1. The number of thioether (sulfide) groups is 1. The van der Waals surface area contributed by atoms with Crippen LogP contribution in [0.5, 0.6) is 0 Å². The quantitative estimate of drug-likeness (QED) is 0.695. The summed E-state index contributed by atoms with van der Waals surface area (Å²) in [4.78, 5) is 13.7. The second kappa shape index (κ2) is 7.50. The molecule has 0 radical (unpaired) electrons. The average molecular weight is 384 g/mol. The molecule has 0 saturated heterocycles. The van der Waals surface area contributed by atoms with Gasteiger partial charge in [-0.15, -0.1) is 16.9 Å². The maximum atomic E-state index is 13.1. The fourth-order valence-corrected chi connectivity index (χ4v) is 3.42. The van der Waals surface area contributed by atoms with Crippen LogP contribution in [0.15, 0.2) is 53.4 Å². The molecule has 138 valence electrons. The normalized spacial score (nSPS) is 16.0. The van der Waals surface area contributed by atoms with Gasteiger partial charge in [-0.2, -0.15) is 0 Å². The second-order valence-electron chi connectivity index (χ2n) is 6.10. The van der Waals surface area contributed by atoms with E-state index in [2.05, 4.69) is 15.6 Å². The highest BCUT2D eigenvalue weighted by Gasteiger charge is 2.27. The average Bonchev–Trinajstić information content (AvgIpc) is 3.12. The lowest BCUT2D eigenvalue weighted by atomic mass is 10.1. The molecule has 2 aromatic carbocycles. The first-order valence-corrected chi connectivity index (χ1v) is 9.61. The van der Waals surface area contributed by atoms with Crippen LogP contribution in [0.2, 0.25) is 0 Å². The Morgan fingerprint density at radius 1 is 1.30 bits per heavy atom. The van der Waals surface area contributed by atoms with Gasteiger partial charge in [0, 0.05) is 10.6 Å². The van der Waals surface area contributed by atoms with Gasteiger partial charge in [-0.1, -0.05) is 23.4 Å². The Kier molecular flexibility index (Phi) is 4.91. The molecule has 0 spiro atoms. The molecule has 0 fully saturated rings. The summed E-state index contributed by atoms with van der Waals surface area (Å²) < 4.78 is 20.6. The molecule has 1 amide bonds. The van der Waals surface area contributed by atoms with Crippen LogP contribution in [0.25, 0.3) is 0 Å². The van der Waals surface area contributed by atoms with Crippen molar-refractivity contribution in [1.82, 2.24) is 15.0 Å². The van der Waals surface area contributed by atoms with Crippen molar-refractivity contribution in [2.24, 2.45) is 0 Å². The first-order valence-electron chi connectivity index (χ1n) is 8.39. The molecule has 0 bridgehead atoms. The zero-order valence-electron chi connectivity index (χ0n) is 14.6. The van der Waals surface area contributed by atoms with E-state index in [1.54, 1.807) is 28.6 Å². The third-order valence-electron chi connectivity index (χ3n) is 4.38. The lowest BCUT2D eigenvalue weighted by Crippen LogP contribution is -2.24.